The number of benzene rings is 1. The molecule has 1 aliphatic rings. The van der Waals surface area contributed by atoms with Gasteiger partial charge in [0, 0.05) is 30.7 Å². The van der Waals surface area contributed by atoms with Crippen LogP contribution in [0.4, 0.5) is 23.5 Å². The first-order valence-electron chi connectivity index (χ1n) is 10.6. The van der Waals surface area contributed by atoms with Gasteiger partial charge in [0.25, 0.3) is 0 Å². The molecule has 0 aliphatic carbocycles. The van der Waals surface area contributed by atoms with Crippen LogP contribution in [0.5, 0.6) is 5.75 Å². The highest BCUT2D eigenvalue weighted by Gasteiger charge is 2.27. The second-order valence-electron chi connectivity index (χ2n) is 7.58. The van der Waals surface area contributed by atoms with E-state index in [1.54, 1.807) is 19.6 Å². The number of nitrogen functional groups attached to an aromatic ring is 1. The van der Waals surface area contributed by atoms with Crippen LogP contribution >= 0.6 is 11.6 Å². The Balaban J connectivity index is 1.66. The van der Waals surface area contributed by atoms with Gasteiger partial charge in [-0.15, -0.1) is 0 Å². The fourth-order valence-electron chi connectivity index (χ4n) is 3.98. The number of ether oxygens (including phenoxy) is 1. The molecule has 0 spiro atoms. The molecular formula is C21H28ClN9O. The summed E-state index contributed by atoms with van der Waals surface area (Å²) in [6.45, 7) is 5.45. The Morgan fingerprint density at radius 3 is 2.91 bits per heavy atom. The van der Waals surface area contributed by atoms with E-state index in [1.807, 2.05) is 33.9 Å². The van der Waals surface area contributed by atoms with Crippen LogP contribution in [0, 0.1) is 0 Å². The number of nitrogens with one attached hydrogen (secondary N) is 1. The molecule has 4 rings (SSSR count). The number of anilines is 4. The van der Waals surface area contributed by atoms with E-state index in [2.05, 4.69) is 37.1 Å². The summed E-state index contributed by atoms with van der Waals surface area (Å²) in [5.74, 6) is 1.62. The van der Waals surface area contributed by atoms with Crippen molar-refractivity contribution in [2.45, 2.75) is 32.5 Å². The van der Waals surface area contributed by atoms with Gasteiger partial charge in [-0.1, -0.05) is 18.5 Å². The summed E-state index contributed by atoms with van der Waals surface area (Å²) < 4.78 is 7.19. The van der Waals surface area contributed by atoms with Crippen LogP contribution in [-0.2, 0) is 6.67 Å². The SMILES string of the molecule is CCN1CCCC1CN(c1ccc(OC)c(Cl)c1)c1nc(N)nc(NCn2ccnc2)n1. The number of nitrogens with two attached hydrogens (primary N) is 1. The number of hydrogen-bond acceptors (Lipinski definition) is 9. The minimum Gasteiger partial charge on any atom is -0.495 e. The Bertz CT molecular complexity index is 1030. The summed E-state index contributed by atoms with van der Waals surface area (Å²) in [6.07, 6.45) is 7.56. The van der Waals surface area contributed by atoms with Gasteiger partial charge in [-0.25, -0.2) is 4.98 Å². The zero-order chi connectivity index (χ0) is 22.5. The number of halogens is 1. The molecule has 1 aromatic carbocycles. The molecule has 0 saturated carbocycles. The quantitative estimate of drug-likeness (QED) is 0.500. The second kappa shape index (κ2) is 10.0. The molecule has 3 heterocycles. The first-order valence-corrected chi connectivity index (χ1v) is 11.0. The van der Waals surface area contributed by atoms with Crippen LogP contribution in [0.25, 0.3) is 0 Å². The Labute approximate surface area is 192 Å². The van der Waals surface area contributed by atoms with E-state index in [1.165, 1.54) is 6.42 Å². The highest BCUT2D eigenvalue weighted by Crippen LogP contribution is 2.33. The Hall–Kier alpha value is -3.11. The third-order valence-electron chi connectivity index (χ3n) is 5.61. The lowest BCUT2D eigenvalue weighted by Gasteiger charge is -2.30. The first kappa shape index (κ1) is 22.1. The van der Waals surface area contributed by atoms with E-state index >= 15 is 0 Å². The smallest absolute Gasteiger partial charge is 0.236 e. The monoisotopic (exact) mass is 457 g/mol. The Kier molecular flexibility index (Phi) is 6.91. The average molecular weight is 458 g/mol. The van der Waals surface area contributed by atoms with Gasteiger partial charge >= 0.3 is 0 Å². The van der Waals surface area contributed by atoms with Crippen molar-refractivity contribution in [3.63, 3.8) is 0 Å². The highest BCUT2D eigenvalue weighted by molar-refractivity contribution is 6.32. The molecule has 10 nitrogen and oxygen atoms in total. The molecule has 2 aromatic heterocycles. The molecule has 3 N–H and O–H groups in total. The molecule has 1 aliphatic heterocycles. The van der Waals surface area contributed by atoms with E-state index in [4.69, 9.17) is 22.1 Å². The number of likely N-dealkylation sites (tertiary alicyclic amines) is 1. The molecule has 1 saturated heterocycles. The topological polar surface area (TPSA) is 110 Å². The van der Waals surface area contributed by atoms with Crippen LogP contribution < -0.4 is 20.7 Å². The summed E-state index contributed by atoms with van der Waals surface area (Å²) in [6, 6.07) is 6.04. The predicted molar refractivity (Wildman–Crippen MR) is 125 cm³/mol. The molecule has 0 bridgehead atoms. The fraction of sp³-hybridized carbons (Fsp3) is 0.429. The summed E-state index contributed by atoms with van der Waals surface area (Å²) in [4.78, 5) is 21.9. The zero-order valence-corrected chi connectivity index (χ0v) is 19.0. The van der Waals surface area contributed by atoms with Gasteiger partial charge in [0.2, 0.25) is 17.8 Å². The van der Waals surface area contributed by atoms with Crippen LogP contribution in [0.2, 0.25) is 5.02 Å². The maximum atomic E-state index is 6.44. The van der Waals surface area contributed by atoms with Gasteiger partial charge in [0.1, 0.15) is 5.75 Å². The maximum Gasteiger partial charge on any atom is 0.236 e. The number of rotatable bonds is 9. The second-order valence-corrected chi connectivity index (χ2v) is 7.99. The summed E-state index contributed by atoms with van der Waals surface area (Å²) >= 11 is 6.44. The predicted octanol–water partition coefficient (Wildman–Crippen LogP) is 3.00. The van der Waals surface area contributed by atoms with Crippen molar-refractivity contribution in [3.8, 4) is 5.75 Å². The van der Waals surface area contributed by atoms with E-state index in [9.17, 15) is 0 Å². The van der Waals surface area contributed by atoms with E-state index in [0.29, 0.717) is 41.9 Å². The summed E-state index contributed by atoms with van der Waals surface area (Å²) in [5, 5.41) is 3.70. The van der Waals surface area contributed by atoms with E-state index in [-0.39, 0.29) is 5.95 Å². The van der Waals surface area contributed by atoms with Gasteiger partial charge in [-0.2, -0.15) is 15.0 Å². The molecule has 170 valence electrons. The number of nitrogens with zero attached hydrogens (tertiary/aromatic N) is 7. The number of likely N-dealkylation sites (N-methyl/N-ethyl adjacent to an activating group) is 1. The van der Waals surface area contributed by atoms with Crippen molar-refractivity contribution in [2.75, 3.05) is 42.7 Å². The number of aromatic nitrogens is 5. The normalized spacial score (nSPS) is 16.3. The van der Waals surface area contributed by atoms with Gasteiger partial charge < -0.3 is 25.3 Å². The largest absolute Gasteiger partial charge is 0.495 e. The maximum absolute atomic E-state index is 6.44. The van der Waals surface area contributed by atoms with Crippen LogP contribution in [0.3, 0.4) is 0 Å². The minimum atomic E-state index is 0.145. The first-order chi connectivity index (χ1) is 15.6. The minimum absolute atomic E-state index is 0.145. The molecule has 11 heteroatoms. The highest BCUT2D eigenvalue weighted by atomic mass is 35.5. The molecule has 1 unspecified atom stereocenters. The van der Waals surface area contributed by atoms with Crippen LogP contribution in [0.15, 0.2) is 36.9 Å². The van der Waals surface area contributed by atoms with Crippen LogP contribution in [-0.4, -0.2) is 62.2 Å². The van der Waals surface area contributed by atoms with Crippen molar-refractivity contribution in [1.29, 1.82) is 0 Å². The Morgan fingerprint density at radius 1 is 1.31 bits per heavy atom. The van der Waals surface area contributed by atoms with E-state index < -0.39 is 0 Å². The van der Waals surface area contributed by atoms with Crippen molar-refractivity contribution in [3.05, 3.63) is 41.9 Å². The lowest BCUT2D eigenvalue weighted by atomic mass is 10.2. The van der Waals surface area contributed by atoms with Crippen LogP contribution in [0.1, 0.15) is 19.8 Å². The van der Waals surface area contributed by atoms with Gasteiger partial charge in [0.15, 0.2) is 0 Å². The number of hydrogen-bond donors (Lipinski definition) is 2. The average Bonchev–Trinajstić information content (AvgIpc) is 3.47. The fourth-order valence-corrected chi connectivity index (χ4v) is 4.23. The number of imidazole rings is 1. The third kappa shape index (κ3) is 5.03. The lowest BCUT2D eigenvalue weighted by Crippen LogP contribution is -2.39. The lowest BCUT2D eigenvalue weighted by molar-refractivity contribution is 0.271. The van der Waals surface area contributed by atoms with E-state index in [0.717, 1.165) is 25.2 Å². The standard InChI is InChI=1S/C21H28ClN9O/c1-3-30-9-4-5-16(30)12-31(15-6-7-18(32-2)17(22)11-15)21-27-19(23)26-20(28-21)25-14-29-10-8-24-13-29/h6-8,10-11,13,16H,3-5,9,12,14H2,1-2H3,(H3,23,25,26,27,28). The Morgan fingerprint density at radius 2 is 2.19 bits per heavy atom. The van der Waals surface area contributed by atoms with Gasteiger partial charge in [0.05, 0.1) is 25.1 Å². The molecule has 3 aromatic rings. The van der Waals surface area contributed by atoms with Crippen molar-refractivity contribution < 1.29 is 4.74 Å². The molecule has 1 fully saturated rings. The van der Waals surface area contributed by atoms with Crippen molar-refractivity contribution in [1.82, 2.24) is 29.4 Å². The zero-order valence-electron chi connectivity index (χ0n) is 18.3. The molecule has 1 atom stereocenters. The summed E-state index contributed by atoms with van der Waals surface area (Å²) in [5.41, 5.74) is 6.92. The molecule has 0 radical (unpaired) electrons. The molecule has 0 amide bonds. The van der Waals surface area contributed by atoms with Crippen molar-refractivity contribution >= 4 is 35.1 Å². The third-order valence-corrected chi connectivity index (χ3v) is 5.90. The molecular weight excluding hydrogens is 430 g/mol. The van der Waals surface area contributed by atoms with Gasteiger partial charge in [-0.05, 0) is 44.1 Å². The number of methoxy groups -OCH3 is 1. The summed E-state index contributed by atoms with van der Waals surface area (Å²) in [7, 11) is 1.60. The molecule has 32 heavy (non-hydrogen) atoms. The van der Waals surface area contributed by atoms with Gasteiger partial charge in [-0.3, -0.25) is 4.90 Å². The van der Waals surface area contributed by atoms with Crippen molar-refractivity contribution in [2.24, 2.45) is 0 Å².